The molecular formula is C7H8O2. The zero-order valence-electron chi connectivity index (χ0n) is 5.26. The van der Waals surface area contributed by atoms with E-state index in [1.165, 1.54) is 12.2 Å². The third-order valence-corrected chi connectivity index (χ3v) is 0.746. The maximum absolute atomic E-state index is 10.5. The maximum Gasteiger partial charge on any atom is 0.225 e. The van der Waals surface area contributed by atoms with E-state index in [1.807, 2.05) is 0 Å². The Balaban J connectivity index is 4.04. The van der Waals surface area contributed by atoms with Crippen molar-refractivity contribution in [3.8, 4) is 0 Å². The van der Waals surface area contributed by atoms with E-state index < -0.39 is 11.6 Å². The molecule has 0 atom stereocenters. The summed E-state index contributed by atoms with van der Waals surface area (Å²) in [5.41, 5.74) is 0. The Morgan fingerprint density at radius 3 is 2.22 bits per heavy atom. The third-order valence-electron chi connectivity index (χ3n) is 0.746. The van der Waals surface area contributed by atoms with Gasteiger partial charge in [0.25, 0.3) is 0 Å². The van der Waals surface area contributed by atoms with Gasteiger partial charge in [-0.2, -0.15) is 0 Å². The molecule has 0 radical (unpaired) electrons. The van der Waals surface area contributed by atoms with Gasteiger partial charge in [0.1, 0.15) is 0 Å². The number of hydrogen-bond donors (Lipinski definition) is 0. The Labute approximate surface area is 53.9 Å². The summed E-state index contributed by atoms with van der Waals surface area (Å²) in [7, 11) is 0. The van der Waals surface area contributed by atoms with Crippen LogP contribution in [0.15, 0.2) is 24.8 Å². The second-order valence-corrected chi connectivity index (χ2v) is 1.43. The highest BCUT2D eigenvalue weighted by Crippen LogP contribution is 1.80. The average Bonchev–Trinajstić information content (AvgIpc) is 1.87. The maximum atomic E-state index is 10.5. The average molecular weight is 124 g/mol. The number of ketones is 2. The first-order chi connectivity index (χ1) is 4.22. The van der Waals surface area contributed by atoms with Crippen LogP contribution in [-0.4, -0.2) is 11.6 Å². The monoisotopic (exact) mass is 124 g/mol. The van der Waals surface area contributed by atoms with E-state index in [1.54, 1.807) is 6.92 Å². The first-order valence-electron chi connectivity index (χ1n) is 2.55. The van der Waals surface area contributed by atoms with Crippen molar-refractivity contribution >= 4 is 11.6 Å². The minimum atomic E-state index is -0.562. The lowest BCUT2D eigenvalue weighted by atomic mass is 10.2. The van der Waals surface area contributed by atoms with Gasteiger partial charge in [-0.1, -0.05) is 12.7 Å². The van der Waals surface area contributed by atoms with Gasteiger partial charge < -0.3 is 0 Å². The van der Waals surface area contributed by atoms with Gasteiger partial charge in [0.05, 0.1) is 0 Å². The molecule has 0 bridgehead atoms. The Bertz CT molecular complexity index is 166. The minimum absolute atomic E-state index is 0.521. The number of rotatable bonds is 3. The van der Waals surface area contributed by atoms with Gasteiger partial charge in [-0.3, -0.25) is 9.59 Å². The van der Waals surface area contributed by atoms with E-state index in [0.717, 1.165) is 6.08 Å². The fourth-order valence-corrected chi connectivity index (χ4v) is 0.334. The van der Waals surface area contributed by atoms with Crippen LogP contribution in [0.25, 0.3) is 0 Å². The van der Waals surface area contributed by atoms with Gasteiger partial charge in [-0.05, 0) is 19.1 Å². The molecule has 0 rings (SSSR count). The topological polar surface area (TPSA) is 34.1 Å². The first kappa shape index (κ1) is 7.82. The molecule has 0 aromatic carbocycles. The largest absolute Gasteiger partial charge is 0.286 e. The van der Waals surface area contributed by atoms with Crippen LogP contribution in [0.4, 0.5) is 0 Å². The summed E-state index contributed by atoms with van der Waals surface area (Å²) in [5, 5.41) is 0. The molecule has 0 aliphatic heterocycles. The molecule has 0 heterocycles. The van der Waals surface area contributed by atoms with Gasteiger partial charge >= 0.3 is 0 Å². The lowest BCUT2D eigenvalue weighted by molar-refractivity contribution is -0.130. The SMILES string of the molecule is C=CC(=O)C(=O)C=CC. The Kier molecular flexibility index (Phi) is 3.28. The summed E-state index contributed by atoms with van der Waals surface area (Å²) < 4.78 is 0. The smallest absolute Gasteiger partial charge is 0.225 e. The summed E-state index contributed by atoms with van der Waals surface area (Å²) in [5.74, 6) is -1.08. The highest BCUT2D eigenvalue weighted by atomic mass is 16.2. The summed E-state index contributed by atoms with van der Waals surface area (Å²) in [6.45, 7) is 4.83. The molecule has 0 aromatic heterocycles. The Morgan fingerprint density at radius 2 is 1.89 bits per heavy atom. The second-order valence-electron chi connectivity index (χ2n) is 1.43. The van der Waals surface area contributed by atoms with Crippen LogP contribution in [0.3, 0.4) is 0 Å². The molecule has 0 saturated heterocycles. The fourth-order valence-electron chi connectivity index (χ4n) is 0.334. The summed E-state index contributed by atoms with van der Waals surface area (Å²) in [6, 6.07) is 0. The molecular weight excluding hydrogens is 116 g/mol. The van der Waals surface area contributed by atoms with E-state index in [9.17, 15) is 9.59 Å². The van der Waals surface area contributed by atoms with Crippen LogP contribution in [-0.2, 0) is 9.59 Å². The molecule has 0 aromatic rings. The van der Waals surface area contributed by atoms with Crippen molar-refractivity contribution in [2.45, 2.75) is 6.92 Å². The van der Waals surface area contributed by atoms with Crippen LogP contribution in [0, 0.1) is 0 Å². The molecule has 9 heavy (non-hydrogen) atoms. The molecule has 48 valence electrons. The Morgan fingerprint density at radius 1 is 1.33 bits per heavy atom. The normalized spacial score (nSPS) is 9.44. The predicted octanol–water partition coefficient (Wildman–Crippen LogP) is 0.887. The summed E-state index contributed by atoms with van der Waals surface area (Å²) in [6.07, 6.45) is 3.73. The van der Waals surface area contributed by atoms with E-state index >= 15 is 0 Å². The quantitative estimate of drug-likeness (QED) is 0.413. The molecule has 0 unspecified atom stereocenters. The summed E-state index contributed by atoms with van der Waals surface area (Å²) >= 11 is 0. The molecule has 0 fully saturated rings. The lowest BCUT2D eigenvalue weighted by Crippen LogP contribution is -2.05. The number of hydrogen-bond acceptors (Lipinski definition) is 2. The van der Waals surface area contributed by atoms with Gasteiger partial charge in [0.2, 0.25) is 11.6 Å². The lowest BCUT2D eigenvalue weighted by Gasteiger charge is -1.81. The highest BCUT2D eigenvalue weighted by Gasteiger charge is 2.02. The van der Waals surface area contributed by atoms with E-state index in [-0.39, 0.29) is 0 Å². The molecule has 0 amide bonds. The number of allylic oxidation sites excluding steroid dienone is 3. The Hall–Kier alpha value is -1.18. The van der Waals surface area contributed by atoms with E-state index in [2.05, 4.69) is 6.58 Å². The second kappa shape index (κ2) is 3.78. The van der Waals surface area contributed by atoms with Crippen LogP contribution in [0.5, 0.6) is 0 Å². The van der Waals surface area contributed by atoms with Gasteiger partial charge in [0.15, 0.2) is 0 Å². The zero-order chi connectivity index (χ0) is 7.28. The molecule has 2 heteroatoms. The molecule has 2 nitrogen and oxygen atoms in total. The van der Waals surface area contributed by atoms with Crippen molar-refractivity contribution in [2.24, 2.45) is 0 Å². The number of carbonyl (C=O) groups excluding carboxylic acids is 2. The van der Waals surface area contributed by atoms with Crippen LogP contribution >= 0.6 is 0 Å². The minimum Gasteiger partial charge on any atom is -0.286 e. The van der Waals surface area contributed by atoms with E-state index in [4.69, 9.17) is 0 Å². The van der Waals surface area contributed by atoms with Crippen molar-refractivity contribution in [3.63, 3.8) is 0 Å². The van der Waals surface area contributed by atoms with Crippen molar-refractivity contribution in [3.05, 3.63) is 24.8 Å². The van der Waals surface area contributed by atoms with Crippen LogP contribution in [0.1, 0.15) is 6.92 Å². The first-order valence-corrected chi connectivity index (χ1v) is 2.55. The summed E-state index contributed by atoms with van der Waals surface area (Å²) in [4.78, 5) is 20.8. The van der Waals surface area contributed by atoms with Crippen molar-refractivity contribution in [1.82, 2.24) is 0 Å². The zero-order valence-corrected chi connectivity index (χ0v) is 5.26. The van der Waals surface area contributed by atoms with Crippen LogP contribution in [0.2, 0.25) is 0 Å². The van der Waals surface area contributed by atoms with Crippen molar-refractivity contribution in [2.75, 3.05) is 0 Å². The van der Waals surface area contributed by atoms with Gasteiger partial charge in [-0.15, -0.1) is 0 Å². The predicted molar refractivity (Wildman–Crippen MR) is 35.0 cm³/mol. The van der Waals surface area contributed by atoms with Gasteiger partial charge in [0, 0.05) is 0 Å². The molecule has 0 spiro atoms. The van der Waals surface area contributed by atoms with Crippen molar-refractivity contribution in [1.29, 1.82) is 0 Å². The third kappa shape index (κ3) is 2.59. The fraction of sp³-hybridized carbons (Fsp3) is 0.143. The van der Waals surface area contributed by atoms with E-state index in [0.29, 0.717) is 0 Å². The van der Waals surface area contributed by atoms with Crippen LogP contribution < -0.4 is 0 Å². The molecule has 0 aliphatic carbocycles. The molecule has 0 aliphatic rings. The molecule has 0 N–H and O–H groups in total. The van der Waals surface area contributed by atoms with Gasteiger partial charge in [-0.25, -0.2) is 0 Å². The molecule has 0 saturated carbocycles. The highest BCUT2D eigenvalue weighted by molar-refractivity contribution is 6.45. The standard InChI is InChI=1S/C7H8O2/c1-3-5-7(9)6(8)4-2/h3-5H,2H2,1H3. The number of carbonyl (C=O) groups is 2. The van der Waals surface area contributed by atoms with Crippen molar-refractivity contribution < 1.29 is 9.59 Å².